The second-order valence-electron chi connectivity index (χ2n) is 4.00. The zero-order chi connectivity index (χ0) is 14.4. The van der Waals surface area contributed by atoms with Crippen molar-refractivity contribution in [1.29, 1.82) is 0 Å². The Morgan fingerprint density at radius 1 is 1.15 bits per heavy atom. The molecule has 0 bridgehead atoms. The molecule has 1 N–H and O–H groups in total. The summed E-state index contributed by atoms with van der Waals surface area (Å²) in [5, 5.41) is 2.64. The molecule has 0 radical (unpaired) electrons. The Balaban J connectivity index is 1.79. The molecule has 0 aliphatic heterocycles. The van der Waals surface area contributed by atoms with Crippen molar-refractivity contribution in [2.24, 2.45) is 0 Å². The van der Waals surface area contributed by atoms with Crippen LogP contribution in [0.4, 0.5) is 8.78 Å². The van der Waals surface area contributed by atoms with E-state index < -0.39 is 11.6 Å². The van der Waals surface area contributed by atoms with E-state index in [1.54, 1.807) is 24.5 Å². The molecule has 0 unspecified atom stereocenters. The van der Waals surface area contributed by atoms with Crippen LogP contribution in [0.2, 0.25) is 0 Å². The maximum atomic E-state index is 12.9. The Labute approximate surface area is 114 Å². The maximum Gasteiger partial charge on any atom is 0.258 e. The summed E-state index contributed by atoms with van der Waals surface area (Å²) >= 11 is 0. The number of hydrogen-bond acceptors (Lipinski definition) is 3. The predicted molar refractivity (Wildman–Crippen MR) is 67.9 cm³/mol. The Hall–Kier alpha value is -2.50. The highest BCUT2D eigenvalue weighted by atomic mass is 19.2. The number of ether oxygens (including phenoxy) is 1. The van der Waals surface area contributed by atoms with Crippen molar-refractivity contribution >= 4 is 5.91 Å². The highest BCUT2D eigenvalue weighted by Gasteiger charge is 2.06. The number of halogens is 2. The van der Waals surface area contributed by atoms with Crippen LogP contribution in [0.25, 0.3) is 0 Å². The second-order valence-corrected chi connectivity index (χ2v) is 4.00. The van der Waals surface area contributed by atoms with E-state index in [4.69, 9.17) is 4.74 Å². The Bertz CT molecular complexity index is 591. The summed E-state index contributed by atoms with van der Waals surface area (Å²) in [7, 11) is 0. The van der Waals surface area contributed by atoms with Gasteiger partial charge in [0.15, 0.2) is 18.2 Å². The molecule has 1 aromatic heterocycles. The molecular formula is C14H12F2N2O2. The van der Waals surface area contributed by atoms with Gasteiger partial charge < -0.3 is 10.1 Å². The maximum absolute atomic E-state index is 12.9. The van der Waals surface area contributed by atoms with E-state index in [1.807, 2.05) is 0 Å². The molecule has 0 saturated carbocycles. The fourth-order valence-electron chi connectivity index (χ4n) is 1.47. The Morgan fingerprint density at radius 2 is 1.90 bits per heavy atom. The first-order valence-electron chi connectivity index (χ1n) is 5.88. The number of hydrogen-bond donors (Lipinski definition) is 1. The molecule has 1 heterocycles. The summed E-state index contributed by atoms with van der Waals surface area (Å²) in [6.07, 6.45) is 3.25. The molecule has 0 atom stereocenters. The van der Waals surface area contributed by atoms with Crippen LogP contribution in [0, 0.1) is 11.6 Å². The van der Waals surface area contributed by atoms with Crippen LogP contribution in [-0.2, 0) is 11.3 Å². The predicted octanol–water partition coefficient (Wildman–Crippen LogP) is 2.05. The number of carbonyl (C=O) groups excluding carboxylic acids is 1. The molecule has 0 spiro atoms. The second kappa shape index (κ2) is 6.60. The highest BCUT2D eigenvalue weighted by molar-refractivity contribution is 5.77. The molecule has 104 valence electrons. The van der Waals surface area contributed by atoms with Crippen molar-refractivity contribution in [3.05, 3.63) is 59.9 Å². The first kappa shape index (κ1) is 13.9. The van der Waals surface area contributed by atoms with Gasteiger partial charge in [-0.1, -0.05) is 0 Å². The molecule has 6 heteroatoms. The van der Waals surface area contributed by atoms with Crippen LogP contribution >= 0.6 is 0 Å². The van der Waals surface area contributed by atoms with Gasteiger partial charge >= 0.3 is 0 Å². The number of nitrogens with zero attached hydrogens (tertiary/aromatic N) is 1. The normalized spacial score (nSPS) is 10.1. The number of pyridine rings is 1. The van der Waals surface area contributed by atoms with Crippen LogP contribution in [0.15, 0.2) is 42.7 Å². The van der Waals surface area contributed by atoms with Crippen LogP contribution in [-0.4, -0.2) is 17.5 Å². The molecule has 2 rings (SSSR count). The zero-order valence-corrected chi connectivity index (χ0v) is 10.5. The van der Waals surface area contributed by atoms with Gasteiger partial charge in [0.05, 0.1) is 0 Å². The van der Waals surface area contributed by atoms with Gasteiger partial charge in [-0.2, -0.15) is 0 Å². The Morgan fingerprint density at radius 3 is 2.60 bits per heavy atom. The van der Waals surface area contributed by atoms with Crippen LogP contribution in [0.1, 0.15) is 5.56 Å². The van der Waals surface area contributed by atoms with Crippen molar-refractivity contribution < 1.29 is 18.3 Å². The van der Waals surface area contributed by atoms with Gasteiger partial charge in [-0.25, -0.2) is 8.78 Å². The van der Waals surface area contributed by atoms with Crippen molar-refractivity contribution in [3.63, 3.8) is 0 Å². The lowest BCUT2D eigenvalue weighted by Gasteiger charge is -2.07. The van der Waals surface area contributed by atoms with E-state index in [0.29, 0.717) is 6.54 Å². The fourth-order valence-corrected chi connectivity index (χ4v) is 1.47. The van der Waals surface area contributed by atoms with Gasteiger partial charge in [-0.3, -0.25) is 9.78 Å². The van der Waals surface area contributed by atoms with Gasteiger partial charge in [-0.05, 0) is 29.8 Å². The minimum absolute atomic E-state index is 0.1000. The summed E-state index contributed by atoms with van der Waals surface area (Å²) in [5.74, 6) is -2.23. The van der Waals surface area contributed by atoms with E-state index in [1.165, 1.54) is 6.07 Å². The lowest BCUT2D eigenvalue weighted by atomic mass is 10.3. The SMILES string of the molecule is O=C(COc1ccc(F)c(F)c1)NCc1ccncc1. The smallest absolute Gasteiger partial charge is 0.258 e. The molecule has 20 heavy (non-hydrogen) atoms. The largest absolute Gasteiger partial charge is 0.484 e. The first-order valence-corrected chi connectivity index (χ1v) is 5.88. The van der Waals surface area contributed by atoms with E-state index in [9.17, 15) is 13.6 Å². The molecule has 1 aromatic carbocycles. The lowest BCUT2D eigenvalue weighted by molar-refractivity contribution is -0.123. The third-order valence-corrected chi connectivity index (χ3v) is 2.50. The summed E-state index contributed by atoms with van der Waals surface area (Å²) in [6, 6.07) is 6.65. The third-order valence-electron chi connectivity index (χ3n) is 2.50. The minimum atomic E-state index is -1.01. The number of rotatable bonds is 5. The number of carbonyl (C=O) groups is 1. The molecular weight excluding hydrogens is 266 g/mol. The van der Waals surface area contributed by atoms with Crippen molar-refractivity contribution in [2.75, 3.05) is 6.61 Å². The van der Waals surface area contributed by atoms with Crippen molar-refractivity contribution in [2.45, 2.75) is 6.54 Å². The molecule has 2 aromatic rings. The fraction of sp³-hybridized carbons (Fsp3) is 0.143. The highest BCUT2D eigenvalue weighted by Crippen LogP contribution is 2.15. The molecule has 1 amide bonds. The zero-order valence-electron chi connectivity index (χ0n) is 10.5. The quantitative estimate of drug-likeness (QED) is 0.910. The van der Waals surface area contributed by atoms with Gasteiger partial charge in [0.1, 0.15) is 5.75 Å². The van der Waals surface area contributed by atoms with Crippen molar-refractivity contribution in [3.8, 4) is 5.75 Å². The summed E-state index contributed by atoms with van der Waals surface area (Å²) in [6.45, 7) is 0.0820. The van der Waals surface area contributed by atoms with Crippen LogP contribution < -0.4 is 10.1 Å². The molecule has 0 saturated heterocycles. The average molecular weight is 278 g/mol. The molecule has 4 nitrogen and oxygen atoms in total. The Kier molecular flexibility index (Phi) is 4.60. The molecule has 0 aliphatic carbocycles. The monoisotopic (exact) mass is 278 g/mol. The number of nitrogens with one attached hydrogen (secondary N) is 1. The van der Waals surface area contributed by atoms with Gasteiger partial charge in [-0.15, -0.1) is 0 Å². The first-order chi connectivity index (χ1) is 9.65. The van der Waals surface area contributed by atoms with E-state index >= 15 is 0 Å². The van der Waals surface area contributed by atoms with E-state index in [2.05, 4.69) is 10.3 Å². The summed E-state index contributed by atoms with van der Waals surface area (Å²) in [5.41, 5.74) is 0.904. The lowest BCUT2D eigenvalue weighted by Crippen LogP contribution is -2.28. The molecule has 0 fully saturated rings. The van der Waals surface area contributed by atoms with E-state index in [-0.39, 0.29) is 18.3 Å². The summed E-state index contributed by atoms with van der Waals surface area (Å²) < 4.78 is 30.7. The minimum Gasteiger partial charge on any atom is -0.484 e. The van der Waals surface area contributed by atoms with Crippen molar-refractivity contribution in [1.82, 2.24) is 10.3 Å². The topological polar surface area (TPSA) is 51.2 Å². The molecule has 0 aliphatic rings. The number of aromatic nitrogens is 1. The van der Waals surface area contributed by atoms with Gasteiger partial charge in [0, 0.05) is 25.0 Å². The third kappa shape index (κ3) is 4.01. The number of benzene rings is 1. The van der Waals surface area contributed by atoms with E-state index in [0.717, 1.165) is 17.7 Å². The standard InChI is InChI=1S/C14H12F2N2O2/c15-12-2-1-11(7-13(12)16)20-9-14(19)18-8-10-3-5-17-6-4-10/h1-7H,8-9H2,(H,18,19). The van der Waals surface area contributed by atoms with Crippen LogP contribution in [0.3, 0.4) is 0 Å². The van der Waals surface area contributed by atoms with Gasteiger partial charge in [0.2, 0.25) is 0 Å². The summed E-state index contributed by atoms with van der Waals surface area (Å²) in [4.78, 5) is 15.4. The number of amides is 1. The average Bonchev–Trinajstić information content (AvgIpc) is 2.47. The van der Waals surface area contributed by atoms with Gasteiger partial charge in [0.25, 0.3) is 5.91 Å². The van der Waals surface area contributed by atoms with Crippen LogP contribution in [0.5, 0.6) is 5.75 Å².